The molecule has 6 heteroatoms. The first-order chi connectivity index (χ1) is 11.0. The van der Waals surface area contributed by atoms with Crippen molar-refractivity contribution in [3.8, 4) is 5.75 Å². The normalized spacial score (nSPS) is 20.6. The molecule has 0 unspecified atom stereocenters. The number of hydrogen-bond acceptors (Lipinski definition) is 4. The molecule has 0 radical (unpaired) electrons. The van der Waals surface area contributed by atoms with E-state index in [4.69, 9.17) is 4.74 Å². The number of rotatable bonds is 5. The van der Waals surface area contributed by atoms with E-state index in [2.05, 4.69) is 4.72 Å². The number of sulfonamides is 1. The third kappa shape index (κ3) is 3.72. The zero-order valence-electron chi connectivity index (χ0n) is 12.6. The molecule has 5 nitrogen and oxygen atoms in total. The summed E-state index contributed by atoms with van der Waals surface area (Å²) in [4.78, 5) is 0. The van der Waals surface area contributed by atoms with Crippen LogP contribution in [0.3, 0.4) is 0 Å². The SMILES string of the molecule is O=S(=O)(Cc1ccccc1)NC[C@]1(O)CCOc2ccccc21. The van der Waals surface area contributed by atoms with Crippen LogP contribution in [0.1, 0.15) is 17.5 Å². The Morgan fingerprint density at radius 1 is 1.09 bits per heavy atom. The fraction of sp³-hybridized carbons (Fsp3) is 0.294. The minimum atomic E-state index is -3.53. The Kier molecular flexibility index (Phi) is 4.39. The molecule has 1 heterocycles. The Labute approximate surface area is 136 Å². The Hall–Kier alpha value is -1.89. The third-order valence-electron chi connectivity index (χ3n) is 3.95. The van der Waals surface area contributed by atoms with E-state index in [1.165, 1.54) is 0 Å². The van der Waals surface area contributed by atoms with Crippen LogP contribution in [0.5, 0.6) is 5.75 Å². The molecule has 122 valence electrons. The number of hydrogen-bond donors (Lipinski definition) is 2. The molecule has 23 heavy (non-hydrogen) atoms. The van der Waals surface area contributed by atoms with Gasteiger partial charge in [-0.05, 0) is 11.6 Å². The molecule has 2 aromatic carbocycles. The van der Waals surface area contributed by atoms with E-state index < -0.39 is 15.6 Å². The molecule has 0 saturated heterocycles. The molecule has 2 N–H and O–H groups in total. The number of nitrogens with one attached hydrogen (secondary N) is 1. The van der Waals surface area contributed by atoms with E-state index in [9.17, 15) is 13.5 Å². The summed E-state index contributed by atoms with van der Waals surface area (Å²) < 4.78 is 32.5. The Morgan fingerprint density at radius 3 is 2.57 bits per heavy atom. The zero-order valence-corrected chi connectivity index (χ0v) is 13.4. The van der Waals surface area contributed by atoms with Crippen LogP contribution in [0.15, 0.2) is 54.6 Å². The van der Waals surface area contributed by atoms with Gasteiger partial charge in [0.2, 0.25) is 10.0 Å². The smallest absolute Gasteiger partial charge is 0.215 e. The highest BCUT2D eigenvalue weighted by atomic mass is 32.2. The van der Waals surface area contributed by atoms with Gasteiger partial charge in [-0.1, -0.05) is 48.5 Å². The number of aliphatic hydroxyl groups is 1. The standard InChI is InChI=1S/C17H19NO4S/c19-17(10-11-22-16-9-5-4-8-15(16)17)13-18-23(20,21)12-14-6-2-1-3-7-14/h1-9,18-19H,10-13H2/t17-/m1/s1. The molecule has 1 atom stereocenters. The topological polar surface area (TPSA) is 75.6 Å². The minimum absolute atomic E-state index is 0.0669. The fourth-order valence-electron chi connectivity index (χ4n) is 2.70. The molecule has 3 rings (SSSR count). The fourth-order valence-corrected chi connectivity index (χ4v) is 3.89. The van der Waals surface area contributed by atoms with Gasteiger partial charge in [0.05, 0.1) is 12.4 Å². The van der Waals surface area contributed by atoms with Gasteiger partial charge in [-0.25, -0.2) is 13.1 Å². The maximum absolute atomic E-state index is 12.2. The van der Waals surface area contributed by atoms with Crippen LogP contribution < -0.4 is 9.46 Å². The van der Waals surface area contributed by atoms with E-state index in [-0.39, 0.29) is 12.3 Å². The van der Waals surface area contributed by atoms with Crippen LogP contribution in [-0.2, 0) is 21.4 Å². The molecule has 0 spiro atoms. The lowest BCUT2D eigenvalue weighted by atomic mass is 9.88. The Morgan fingerprint density at radius 2 is 1.78 bits per heavy atom. The van der Waals surface area contributed by atoms with E-state index in [1.807, 2.05) is 12.1 Å². The summed E-state index contributed by atoms with van der Waals surface area (Å²) in [5.74, 6) is 0.491. The first-order valence-electron chi connectivity index (χ1n) is 7.44. The predicted octanol–water partition coefficient (Wildman–Crippen LogP) is 1.78. The second kappa shape index (κ2) is 6.31. The first kappa shape index (κ1) is 16.0. The van der Waals surface area contributed by atoms with Crippen LogP contribution in [-0.4, -0.2) is 26.7 Å². The van der Waals surface area contributed by atoms with Crippen molar-refractivity contribution in [3.63, 3.8) is 0 Å². The summed E-state index contributed by atoms with van der Waals surface area (Å²) >= 11 is 0. The van der Waals surface area contributed by atoms with Gasteiger partial charge >= 0.3 is 0 Å². The Balaban J connectivity index is 1.73. The summed E-state index contributed by atoms with van der Waals surface area (Å²) in [6, 6.07) is 16.1. The van der Waals surface area contributed by atoms with Gasteiger partial charge in [0.1, 0.15) is 11.4 Å². The lowest BCUT2D eigenvalue weighted by Gasteiger charge is -2.34. The molecular formula is C17H19NO4S. The number of benzene rings is 2. The maximum atomic E-state index is 12.2. The monoisotopic (exact) mass is 333 g/mol. The largest absolute Gasteiger partial charge is 0.493 e. The second-order valence-electron chi connectivity index (χ2n) is 5.69. The van der Waals surface area contributed by atoms with Gasteiger partial charge in [0.25, 0.3) is 0 Å². The quantitative estimate of drug-likeness (QED) is 0.874. The van der Waals surface area contributed by atoms with Crippen molar-refractivity contribution in [2.75, 3.05) is 13.2 Å². The molecule has 2 aromatic rings. The van der Waals surface area contributed by atoms with E-state index in [0.29, 0.717) is 29.9 Å². The average molecular weight is 333 g/mol. The molecule has 1 aliphatic heterocycles. The molecular weight excluding hydrogens is 314 g/mol. The van der Waals surface area contributed by atoms with Crippen molar-refractivity contribution in [1.29, 1.82) is 0 Å². The molecule has 0 amide bonds. The first-order valence-corrected chi connectivity index (χ1v) is 9.10. The molecule has 0 bridgehead atoms. The van der Waals surface area contributed by atoms with Crippen LogP contribution in [0.4, 0.5) is 0 Å². The van der Waals surface area contributed by atoms with Crippen molar-refractivity contribution in [2.45, 2.75) is 17.8 Å². The van der Waals surface area contributed by atoms with Crippen molar-refractivity contribution in [2.24, 2.45) is 0 Å². The molecule has 1 aliphatic rings. The zero-order chi connectivity index (χ0) is 16.3. The summed E-state index contributed by atoms with van der Waals surface area (Å²) in [7, 11) is -3.53. The molecule has 0 aromatic heterocycles. The van der Waals surface area contributed by atoms with Crippen molar-refractivity contribution in [3.05, 3.63) is 65.7 Å². The maximum Gasteiger partial charge on any atom is 0.215 e. The second-order valence-corrected chi connectivity index (χ2v) is 7.50. The van der Waals surface area contributed by atoms with Crippen molar-refractivity contribution in [1.82, 2.24) is 4.72 Å². The van der Waals surface area contributed by atoms with Gasteiger partial charge in [-0.2, -0.15) is 0 Å². The van der Waals surface area contributed by atoms with Crippen LogP contribution in [0.2, 0.25) is 0 Å². The highest BCUT2D eigenvalue weighted by molar-refractivity contribution is 7.88. The van der Waals surface area contributed by atoms with Gasteiger partial charge in [0.15, 0.2) is 0 Å². The summed E-state index contributed by atoms with van der Waals surface area (Å²) in [6.45, 7) is 0.288. The molecule has 0 saturated carbocycles. The Bertz CT molecular complexity index is 776. The van der Waals surface area contributed by atoms with Crippen molar-refractivity contribution < 1.29 is 18.3 Å². The van der Waals surface area contributed by atoms with Gasteiger partial charge in [0, 0.05) is 18.5 Å². The highest BCUT2D eigenvalue weighted by Crippen LogP contribution is 2.36. The van der Waals surface area contributed by atoms with Crippen LogP contribution in [0.25, 0.3) is 0 Å². The predicted molar refractivity (Wildman–Crippen MR) is 87.5 cm³/mol. The lowest BCUT2D eigenvalue weighted by molar-refractivity contribution is 0.00218. The van der Waals surface area contributed by atoms with Gasteiger partial charge in [-0.15, -0.1) is 0 Å². The molecule has 0 fully saturated rings. The molecule has 0 aliphatic carbocycles. The summed E-state index contributed by atoms with van der Waals surface area (Å²) in [5.41, 5.74) is 0.0755. The van der Waals surface area contributed by atoms with Gasteiger partial charge in [-0.3, -0.25) is 0 Å². The average Bonchev–Trinajstić information content (AvgIpc) is 2.54. The lowest BCUT2D eigenvalue weighted by Crippen LogP contribution is -2.44. The van der Waals surface area contributed by atoms with Crippen LogP contribution >= 0.6 is 0 Å². The summed E-state index contributed by atoms with van der Waals surface area (Å²) in [6.07, 6.45) is 0.345. The highest BCUT2D eigenvalue weighted by Gasteiger charge is 2.36. The van der Waals surface area contributed by atoms with Gasteiger partial charge < -0.3 is 9.84 Å². The summed E-state index contributed by atoms with van der Waals surface area (Å²) in [5, 5.41) is 10.8. The van der Waals surface area contributed by atoms with E-state index in [1.54, 1.807) is 42.5 Å². The van der Waals surface area contributed by atoms with E-state index in [0.717, 1.165) is 0 Å². The number of para-hydroxylation sites is 1. The van der Waals surface area contributed by atoms with Crippen molar-refractivity contribution >= 4 is 10.0 Å². The minimum Gasteiger partial charge on any atom is -0.493 e. The van der Waals surface area contributed by atoms with Crippen LogP contribution in [0, 0.1) is 0 Å². The number of ether oxygens (including phenoxy) is 1. The third-order valence-corrected chi connectivity index (χ3v) is 5.24. The van der Waals surface area contributed by atoms with E-state index >= 15 is 0 Å². The number of fused-ring (bicyclic) bond motifs is 1.